The molecular weight excluding hydrogens is 262 g/mol. The van der Waals surface area contributed by atoms with Crippen molar-refractivity contribution in [2.24, 2.45) is 0 Å². The highest BCUT2D eigenvalue weighted by atomic mass is 79.9. The minimum absolute atomic E-state index is 0.690. The zero-order valence-corrected chi connectivity index (χ0v) is 10.5. The van der Waals surface area contributed by atoms with Gasteiger partial charge in [-0.2, -0.15) is 5.26 Å². The molecule has 0 saturated carbocycles. The molecule has 0 saturated heterocycles. The van der Waals surface area contributed by atoms with Gasteiger partial charge in [0.15, 0.2) is 0 Å². The van der Waals surface area contributed by atoms with Gasteiger partial charge in [-0.25, -0.2) is 0 Å². The number of hydrogen-bond acceptors (Lipinski definition) is 1. The Kier molecular flexibility index (Phi) is 3.07. The summed E-state index contributed by atoms with van der Waals surface area (Å²) in [5, 5.41) is 8.86. The first kappa shape index (κ1) is 10.9. The van der Waals surface area contributed by atoms with Gasteiger partial charge in [-0.1, -0.05) is 34.1 Å². The molecule has 78 valence electrons. The van der Waals surface area contributed by atoms with Crippen LogP contribution in [0.1, 0.15) is 11.1 Å². The Balaban J connectivity index is 2.54. The molecule has 0 atom stereocenters. The van der Waals surface area contributed by atoms with Gasteiger partial charge in [0.25, 0.3) is 0 Å². The SMILES string of the molecule is Cc1cc(Br)cc(-c2cccc(C#N)c2)c1. The van der Waals surface area contributed by atoms with Gasteiger partial charge in [-0.15, -0.1) is 0 Å². The summed E-state index contributed by atoms with van der Waals surface area (Å²) >= 11 is 3.48. The van der Waals surface area contributed by atoms with Crippen LogP contribution >= 0.6 is 15.9 Å². The summed E-state index contributed by atoms with van der Waals surface area (Å²) < 4.78 is 1.06. The molecule has 16 heavy (non-hydrogen) atoms. The van der Waals surface area contributed by atoms with E-state index in [0.717, 1.165) is 15.6 Å². The molecule has 2 aromatic carbocycles. The number of rotatable bonds is 1. The molecule has 0 aromatic heterocycles. The maximum absolute atomic E-state index is 8.86. The van der Waals surface area contributed by atoms with E-state index in [-0.39, 0.29) is 0 Å². The molecule has 0 aliphatic rings. The van der Waals surface area contributed by atoms with Crippen molar-refractivity contribution >= 4 is 15.9 Å². The maximum atomic E-state index is 8.86. The van der Waals surface area contributed by atoms with Gasteiger partial charge < -0.3 is 0 Å². The molecule has 0 spiro atoms. The monoisotopic (exact) mass is 271 g/mol. The van der Waals surface area contributed by atoms with Crippen LogP contribution in [0.5, 0.6) is 0 Å². The largest absolute Gasteiger partial charge is 0.192 e. The lowest BCUT2D eigenvalue weighted by atomic mass is 10.0. The Hall–Kier alpha value is -1.59. The normalized spacial score (nSPS) is 9.81. The van der Waals surface area contributed by atoms with Crippen LogP contribution in [-0.2, 0) is 0 Å². The van der Waals surface area contributed by atoms with Crippen LogP contribution in [0.4, 0.5) is 0 Å². The van der Waals surface area contributed by atoms with E-state index in [9.17, 15) is 0 Å². The van der Waals surface area contributed by atoms with Crippen molar-refractivity contribution in [1.29, 1.82) is 5.26 Å². The topological polar surface area (TPSA) is 23.8 Å². The third kappa shape index (κ3) is 2.32. The third-order valence-corrected chi connectivity index (χ3v) is 2.82. The molecule has 0 fully saturated rings. The molecule has 0 radical (unpaired) electrons. The lowest BCUT2D eigenvalue weighted by Crippen LogP contribution is -1.82. The summed E-state index contributed by atoms with van der Waals surface area (Å²) in [5.41, 5.74) is 4.09. The highest BCUT2D eigenvalue weighted by molar-refractivity contribution is 9.10. The molecule has 0 aliphatic carbocycles. The van der Waals surface area contributed by atoms with Crippen LogP contribution < -0.4 is 0 Å². The molecule has 2 rings (SSSR count). The summed E-state index contributed by atoms with van der Waals surface area (Å²) in [6.45, 7) is 2.06. The van der Waals surface area contributed by atoms with Crippen molar-refractivity contribution in [3.63, 3.8) is 0 Å². The lowest BCUT2D eigenvalue weighted by molar-refractivity contribution is 1.44. The fourth-order valence-electron chi connectivity index (χ4n) is 1.67. The van der Waals surface area contributed by atoms with Crippen LogP contribution in [-0.4, -0.2) is 0 Å². The lowest BCUT2D eigenvalue weighted by Gasteiger charge is -2.04. The van der Waals surface area contributed by atoms with Crippen molar-refractivity contribution in [3.05, 3.63) is 58.1 Å². The molecule has 1 nitrogen and oxygen atoms in total. The van der Waals surface area contributed by atoms with Gasteiger partial charge in [0, 0.05) is 4.47 Å². The van der Waals surface area contributed by atoms with Crippen molar-refractivity contribution in [2.45, 2.75) is 6.92 Å². The molecular formula is C14H10BrN. The van der Waals surface area contributed by atoms with Crippen molar-refractivity contribution in [3.8, 4) is 17.2 Å². The fraction of sp³-hybridized carbons (Fsp3) is 0.0714. The quantitative estimate of drug-likeness (QED) is 0.759. The molecule has 2 heteroatoms. The molecule has 0 N–H and O–H groups in total. The first-order valence-electron chi connectivity index (χ1n) is 4.97. The number of halogens is 1. The number of benzene rings is 2. The number of nitriles is 1. The van der Waals surface area contributed by atoms with Gasteiger partial charge in [0.2, 0.25) is 0 Å². The van der Waals surface area contributed by atoms with Gasteiger partial charge in [0.1, 0.15) is 0 Å². The molecule has 0 unspecified atom stereocenters. The molecule has 0 bridgehead atoms. The van der Waals surface area contributed by atoms with Crippen LogP contribution in [0.3, 0.4) is 0 Å². The summed E-state index contributed by atoms with van der Waals surface area (Å²) in [7, 11) is 0. The predicted octanol–water partition coefficient (Wildman–Crippen LogP) is 4.30. The minimum atomic E-state index is 0.690. The van der Waals surface area contributed by atoms with Crippen LogP contribution in [0.15, 0.2) is 46.9 Å². The van der Waals surface area contributed by atoms with Crippen molar-refractivity contribution < 1.29 is 0 Å². The highest BCUT2D eigenvalue weighted by Gasteiger charge is 2.01. The molecule has 0 amide bonds. The third-order valence-electron chi connectivity index (χ3n) is 2.37. The molecule has 0 aliphatic heterocycles. The van der Waals surface area contributed by atoms with Gasteiger partial charge >= 0.3 is 0 Å². The highest BCUT2D eigenvalue weighted by Crippen LogP contribution is 2.25. The molecule has 0 heterocycles. The summed E-state index contributed by atoms with van der Waals surface area (Å²) in [6, 6.07) is 16.0. The Morgan fingerprint density at radius 3 is 2.56 bits per heavy atom. The first-order chi connectivity index (χ1) is 7.69. The number of aryl methyl sites for hydroxylation is 1. The average Bonchev–Trinajstić information content (AvgIpc) is 2.28. The van der Waals surface area contributed by atoms with E-state index in [1.165, 1.54) is 5.56 Å². The first-order valence-corrected chi connectivity index (χ1v) is 5.76. The smallest absolute Gasteiger partial charge is 0.0991 e. The summed E-state index contributed by atoms with van der Waals surface area (Å²) in [6.07, 6.45) is 0. The van der Waals surface area contributed by atoms with Crippen LogP contribution in [0.2, 0.25) is 0 Å². The number of nitrogens with zero attached hydrogens (tertiary/aromatic N) is 1. The fourth-order valence-corrected chi connectivity index (χ4v) is 2.28. The summed E-state index contributed by atoms with van der Waals surface area (Å²) in [4.78, 5) is 0. The van der Waals surface area contributed by atoms with Gasteiger partial charge in [-0.05, 0) is 47.9 Å². The molecule has 2 aromatic rings. The second-order valence-corrected chi connectivity index (χ2v) is 4.63. The average molecular weight is 272 g/mol. The van der Waals surface area contributed by atoms with E-state index in [1.807, 2.05) is 24.3 Å². The Bertz CT molecular complexity index is 547. The standard InChI is InChI=1S/C14H10BrN/c1-10-5-13(8-14(15)6-10)12-4-2-3-11(7-12)9-16/h2-8H,1H3. The van der Waals surface area contributed by atoms with E-state index in [0.29, 0.717) is 5.56 Å². The van der Waals surface area contributed by atoms with E-state index < -0.39 is 0 Å². The zero-order valence-electron chi connectivity index (χ0n) is 8.87. The van der Waals surface area contributed by atoms with Crippen LogP contribution in [0.25, 0.3) is 11.1 Å². The van der Waals surface area contributed by atoms with E-state index in [1.54, 1.807) is 0 Å². The van der Waals surface area contributed by atoms with E-state index in [2.05, 4.69) is 47.1 Å². The van der Waals surface area contributed by atoms with Gasteiger partial charge in [0.05, 0.1) is 11.6 Å². The number of hydrogen-bond donors (Lipinski definition) is 0. The van der Waals surface area contributed by atoms with E-state index >= 15 is 0 Å². The minimum Gasteiger partial charge on any atom is -0.192 e. The van der Waals surface area contributed by atoms with Crippen LogP contribution in [0, 0.1) is 18.3 Å². The summed E-state index contributed by atoms with van der Waals surface area (Å²) in [5.74, 6) is 0. The Morgan fingerprint density at radius 1 is 1.06 bits per heavy atom. The zero-order chi connectivity index (χ0) is 11.5. The van der Waals surface area contributed by atoms with Crippen molar-refractivity contribution in [1.82, 2.24) is 0 Å². The Labute approximate surface area is 103 Å². The second kappa shape index (κ2) is 4.51. The maximum Gasteiger partial charge on any atom is 0.0991 e. The second-order valence-electron chi connectivity index (χ2n) is 3.71. The van der Waals surface area contributed by atoms with E-state index in [4.69, 9.17) is 5.26 Å². The van der Waals surface area contributed by atoms with Gasteiger partial charge in [-0.3, -0.25) is 0 Å². The predicted molar refractivity (Wildman–Crippen MR) is 69.0 cm³/mol. The van der Waals surface area contributed by atoms with Crippen molar-refractivity contribution in [2.75, 3.05) is 0 Å². The Morgan fingerprint density at radius 2 is 1.88 bits per heavy atom.